The summed E-state index contributed by atoms with van der Waals surface area (Å²) >= 11 is 0. The fourth-order valence-electron chi connectivity index (χ4n) is 5.99. The summed E-state index contributed by atoms with van der Waals surface area (Å²) in [6, 6.07) is 38.1. The zero-order valence-corrected chi connectivity index (χ0v) is 19.7. The molecule has 5 heteroatoms. The van der Waals surface area contributed by atoms with Gasteiger partial charge in [-0.2, -0.15) is 5.26 Å². The van der Waals surface area contributed by atoms with Crippen LogP contribution in [0.1, 0.15) is 27.8 Å². The van der Waals surface area contributed by atoms with Crippen molar-refractivity contribution < 1.29 is 14.8 Å². The van der Waals surface area contributed by atoms with Crippen molar-refractivity contribution in [1.29, 1.82) is 5.26 Å². The fourth-order valence-corrected chi connectivity index (χ4v) is 5.99. The molecule has 174 valence electrons. The maximum absolute atomic E-state index is 10.1. The summed E-state index contributed by atoms with van der Waals surface area (Å²) in [6.07, 6.45) is 0. The third kappa shape index (κ3) is 2.98. The first kappa shape index (κ1) is 21.6. The Balaban J connectivity index is 1.60. The van der Waals surface area contributed by atoms with E-state index in [-0.39, 0.29) is 0 Å². The number of hydrogen-bond donors (Lipinski definition) is 2. The number of nitriles is 1. The Kier molecular flexibility index (Phi) is 4.64. The van der Waals surface area contributed by atoms with Crippen molar-refractivity contribution in [3.05, 3.63) is 137 Å². The second-order valence-electron chi connectivity index (χ2n) is 9.47. The van der Waals surface area contributed by atoms with Gasteiger partial charge in [0.05, 0.1) is 17.0 Å². The van der Waals surface area contributed by atoms with Gasteiger partial charge < -0.3 is 14.8 Å². The number of fused-ring (bicyclic) bond motifs is 9. The predicted molar refractivity (Wildman–Crippen MR) is 144 cm³/mol. The molecule has 0 saturated heterocycles. The lowest BCUT2D eigenvalue weighted by atomic mass is 9.64. The first-order chi connectivity index (χ1) is 18.1. The first-order valence-electron chi connectivity index (χ1n) is 12.1. The SMILES string of the molecule is N#Cc1ccc(-c2ccc3c(c2)C2(c4ccccc4Oc4ccccc42)c2cc(B(O)O)ccc2-3)cc1. The van der Waals surface area contributed by atoms with E-state index in [0.29, 0.717) is 11.0 Å². The van der Waals surface area contributed by atoms with Gasteiger partial charge >= 0.3 is 7.12 Å². The van der Waals surface area contributed by atoms with Crippen LogP contribution in [0.4, 0.5) is 0 Å². The molecule has 2 N–H and O–H groups in total. The predicted octanol–water partition coefficient (Wildman–Crippen LogP) is 5.37. The highest BCUT2D eigenvalue weighted by atomic mass is 16.5. The van der Waals surface area contributed by atoms with E-state index in [0.717, 1.165) is 56.0 Å². The minimum Gasteiger partial charge on any atom is -0.457 e. The van der Waals surface area contributed by atoms with E-state index in [1.54, 1.807) is 6.07 Å². The van der Waals surface area contributed by atoms with E-state index in [1.807, 2.05) is 72.8 Å². The first-order valence-corrected chi connectivity index (χ1v) is 12.1. The Labute approximate surface area is 214 Å². The van der Waals surface area contributed by atoms with Crippen molar-refractivity contribution in [3.63, 3.8) is 0 Å². The molecule has 1 aliphatic carbocycles. The van der Waals surface area contributed by atoms with E-state index in [2.05, 4.69) is 36.4 Å². The summed E-state index contributed by atoms with van der Waals surface area (Å²) in [5, 5.41) is 29.4. The minimum absolute atomic E-state index is 0.444. The lowest BCUT2D eigenvalue weighted by Crippen LogP contribution is -2.35. The Morgan fingerprint density at radius 2 is 1.19 bits per heavy atom. The number of ether oxygens (including phenoxy) is 1. The molecule has 1 heterocycles. The zero-order valence-electron chi connectivity index (χ0n) is 19.7. The zero-order chi connectivity index (χ0) is 25.1. The van der Waals surface area contributed by atoms with E-state index >= 15 is 0 Å². The van der Waals surface area contributed by atoms with Crippen molar-refractivity contribution in [3.8, 4) is 39.8 Å². The molecule has 37 heavy (non-hydrogen) atoms. The van der Waals surface area contributed by atoms with Gasteiger partial charge in [0.1, 0.15) is 11.5 Å². The largest absolute Gasteiger partial charge is 0.488 e. The van der Waals surface area contributed by atoms with Crippen molar-refractivity contribution in [2.24, 2.45) is 0 Å². The molecule has 0 unspecified atom stereocenters. The Bertz CT molecular complexity index is 1710. The molecule has 1 spiro atoms. The highest BCUT2D eigenvalue weighted by Gasteiger charge is 2.51. The standard InChI is InChI=1S/C32H20BNO3/c34-19-20-9-11-21(12-10-20)22-13-15-24-25-16-14-23(33(35)36)18-29(25)32(28(24)17-22)26-5-1-3-7-30(26)37-31-8-4-2-6-27(31)32/h1-18,35-36H. The average molecular weight is 477 g/mol. The van der Waals surface area contributed by atoms with Gasteiger partial charge in [-0.15, -0.1) is 0 Å². The molecule has 0 radical (unpaired) electrons. The fraction of sp³-hybridized carbons (Fsp3) is 0.0312. The molecule has 0 fully saturated rings. The number of rotatable bonds is 2. The number of nitrogens with zero attached hydrogens (tertiary/aromatic N) is 1. The van der Waals surface area contributed by atoms with Gasteiger partial charge in [-0.25, -0.2) is 0 Å². The van der Waals surface area contributed by atoms with Crippen molar-refractivity contribution in [2.45, 2.75) is 5.41 Å². The molecule has 7 rings (SSSR count). The molecule has 5 aromatic rings. The molecule has 0 saturated carbocycles. The molecule has 0 aromatic heterocycles. The Morgan fingerprint density at radius 3 is 1.81 bits per heavy atom. The van der Waals surface area contributed by atoms with Crippen molar-refractivity contribution in [1.82, 2.24) is 0 Å². The molecule has 2 aliphatic rings. The summed E-state index contributed by atoms with van der Waals surface area (Å²) < 4.78 is 6.38. The third-order valence-electron chi connectivity index (χ3n) is 7.61. The van der Waals surface area contributed by atoms with E-state index in [1.165, 1.54) is 0 Å². The van der Waals surface area contributed by atoms with Crippen LogP contribution in [0.25, 0.3) is 22.3 Å². The van der Waals surface area contributed by atoms with Crippen LogP contribution in [0.15, 0.2) is 109 Å². The lowest BCUT2D eigenvalue weighted by Gasteiger charge is -2.39. The van der Waals surface area contributed by atoms with Crippen LogP contribution in [-0.2, 0) is 5.41 Å². The van der Waals surface area contributed by atoms with Gasteiger partial charge in [0.15, 0.2) is 0 Å². The normalized spacial score (nSPS) is 13.5. The van der Waals surface area contributed by atoms with Crippen LogP contribution in [0.5, 0.6) is 11.5 Å². The smallest absolute Gasteiger partial charge is 0.457 e. The molecule has 1 aliphatic heterocycles. The summed E-state index contributed by atoms with van der Waals surface area (Å²) in [7, 11) is -1.58. The van der Waals surface area contributed by atoms with Gasteiger partial charge in [-0.05, 0) is 69.2 Å². The Hall–Kier alpha value is -4.63. The van der Waals surface area contributed by atoms with Gasteiger partial charge in [-0.3, -0.25) is 0 Å². The molecule has 0 amide bonds. The average Bonchev–Trinajstić information content (AvgIpc) is 3.23. The summed E-state index contributed by atoms with van der Waals surface area (Å²) in [5.74, 6) is 1.55. The molecule has 0 atom stereocenters. The number of hydrogen-bond acceptors (Lipinski definition) is 4. The quantitative estimate of drug-likeness (QED) is 0.328. The summed E-state index contributed by atoms with van der Waals surface area (Å²) in [6.45, 7) is 0. The maximum atomic E-state index is 10.1. The number of para-hydroxylation sites is 2. The van der Waals surface area contributed by atoms with Crippen molar-refractivity contribution >= 4 is 12.6 Å². The monoisotopic (exact) mass is 477 g/mol. The van der Waals surface area contributed by atoms with Gasteiger partial charge in [0, 0.05) is 11.1 Å². The van der Waals surface area contributed by atoms with Crippen LogP contribution in [-0.4, -0.2) is 17.2 Å². The highest BCUT2D eigenvalue weighted by molar-refractivity contribution is 6.58. The van der Waals surface area contributed by atoms with E-state index in [4.69, 9.17) is 4.74 Å². The Morgan fingerprint density at radius 1 is 0.622 bits per heavy atom. The van der Waals surface area contributed by atoms with Crippen LogP contribution < -0.4 is 10.2 Å². The van der Waals surface area contributed by atoms with E-state index in [9.17, 15) is 15.3 Å². The second kappa shape index (κ2) is 7.94. The molecule has 0 bridgehead atoms. The minimum atomic E-state index is -1.58. The number of benzene rings is 5. The van der Waals surface area contributed by atoms with Crippen LogP contribution in [0.2, 0.25) is 0 Å². The summed E-state index contributed by atoms with van der Waals surface area (Å²) in [4.78, 5) is 0. The third-order valence-corrected chi connectivity index (χ3v) is 7.61. The maximum Gasteiger partial charge on any atom is 0.488 e. The van der Waals surface area contributed by atoms with Crippen LogP contribution >= 0.6 is 0 Å². The topological polar surface area (TPSA) is 73.5 Å². The molecule has 5 aromatic carbocycles. The summed E-state index contributed by atoms with van der Waals surface area (Å²) in [5.41, 5.74) is 8.69. The van der Waals surface area contributed by atoms with Crippen LogP contribution in [0.3, 0.4) is 0 Å². The highest BCUT2D eigenvalue weighted by Crippen LogP contribution is 2.62. The van der Waals surface area contributed by atoms with E-state index < -0.39 is 12.5 Å². The van der Waals surface area contributed by atoms with Crippen molar-refractivity contribution in [2.75, 3.05) is 0 Å². The molecule has 4 nitrogen and oxygen atoms in total. The molecular formula is C32H20BNO3. The van der Waals surface area contributed by atoms with Gasteiger partial charge in [0.2, 0.25) is 0 Å². The molecular weight excluding hydrogens is 457 g/mol. The van der Waals surface area contributed by atoms with Gasteiger partial charge in [0.25, 0.3) is 0 Å². The van der Waals surface area contributed by atoms with Crippen LogP contribution in [0, 0.1) is 11.3 Å². The second-order valence-corrected chi connectivity index (χ2v) is 9.47. The van der Waals surface area contributed by atoms with Gasteiger partial charge in [-0.1, -0.05) is 78.9 Å². The lowest BCUT2D eigenvalue weighted by molar-refractivity contribution is 0.425.